The summed E-state index contributed by atoms with van der Waals surface area (Å²) in [6.07, 6.45) is 0. The molecule has 0 saturated carbocycles. The molecular weight excluding hydrogens is 775 g/mol. The molecule has 13 rings (SSSR count). The van der Waals surface area contributed by atoms with Crippen LogP contribution in [0, 0.1) is 0 Å². The van der Waals surface area contributed by atoms with E-state index in [-0.39, 0.29) is 29.9 Å². The molecule has 3 nitrogen and oxygen atoms in total. The first-order chi connectivity index (χ1) is 33.9. The van der Waals surface area contributed by atoms with E-state index in [0.717, 1.165) is 83.7 Å². The maximum Gasteiger partial charge on any atom is 0.0782 e. The second-order valence-electron chi connectivity index (χ2n) is 16.5. The van der Waals surface area contributed by atoms with Crippen molar-refractivity contribution in [3.8, 4) is 27.9 Å². The van der Waals surface area contributed by atoms with E-state index >= 15 is 0 Å². The Labute approximate surface area is 380 Å². The van der Waals surface area contributed by atoms with Crippen LogP contribution in [-0.4, -0.2) is 4.57 Å². The summed E-state index contributed by atoms with van der Waals surface area (Å²) in [5.41, 5.74) is 16.0. The van der Waals surface area contributed by atoms with Crippen LogP contribution in [-0.2, 0) is 5.41 Å². The first-order valence-electron chi connectivity index (χ1n) is 24.2. The van der Waals surface area contributed by atoms with Gasteiger partial charge in [-0.25, -0.2) is 0 Å². The third-order valence-electron chi connectivity index (χ3n) is 13.2. The van der Waals surface area contributed by atoms with Crippen molar-refractivity contribution in [2.75, 3.05) is 9.80 Å². The predicted molar refractivity (Wildman–Crippen MR) is 266 cm³/mol. The highest BCUT2D eigenvalue weighted by Crippen LogP contribution is 2.64. The lowest BCUT2D eigenvalue weighted by Crippen LogP contribution is -2.26. The van der Waals surface area contributed by atoms with Crippen LogP contribution in [0.5, 0.6) is 0 Å². The Morgan fingerprint density at radius 2 is 0.859 bits per heavy atom. The molecule has 1 heterocycles. The van der Waals surface area contributed by atoms with E-state index in [9.17, 15) is 2.74 Å². The summed E-state index contributed by atoms with van der Waals surface area (Å²) in [6.45, 7) is 0. The van der Waals surface area contributed by atoms with Crippen LogP contribution >= 0.6 is 0 Å². The predicted octanol–water partition coefficient (Wildman–Crippen LogP) is 16.1. The smallest absolute Gasteiger partial charge is 0.0782 e. The van der Waals surface area contributed by atoms with Crippen molar-refractivity contribution in [3.05, 3.63) is 271 Å². The molecule has 1 aromatic heterocycles. The molecule has 2 aliphatic carbocycles. The molecule has 0 amide bonds. The number of fused-ring (bicyclic) bond motifs is 13. The molecule has 11 aromatic rings. The van der Waals surface area contributed by atoms with E-state index in [0.29, 0.717) is 11.4 Å². The summed E-state index contributed by atoms with van der Waals surface area (Å²) in [6, 6.07) is 75.0. The van der Waals surface area contributed by atoms with Gasteiger partial charge in [-0.2, -0.15) is 0 Å². The number of nitrogens with zero attached hydrogens (tertiary/aromatic N) is 3. The van der Waals surface area contributed by atoms with Gasteiger partial charge in [0.05, 0.1) is 29.0 Å². The van der Waals surface area contributed by atoms with Crippen LogP contribution in [0.25, 0.3) is 49.7 Å². The average molecular weight is 821 g/mol. The van der Waals surface area contributed by atoms with Crippen molar-refractivity contribution in [1.82, 2.24) is 4.57 Å². The summed E-state index contributed by atoms with van der Waals surface area (Å²) in [4.78, 5) is 4.21. The molecule has 0 radical (unpaired) electrons. The monoisotopic (exact) mass is 820 g/mol. The number of rotatable bonds is 7. The minimum absolute atomic E-state index is 0.0896. The summed E-state index contributed by atoms with van der Waals surface area (Å²) in [5.74, 6) is 0. The number of hydrogen-bond donors (Lipinski definition) is 0. The van der Waals surface area contributed by atoms with Gasteiger partial charge in [-0.15, -0.1) is 0 Å². The van der Waals surface area contributed by atoms with Crippen molar-refractivity contribution < 1.29 is 6.85 Å². The van der Waals surface area contributed by atoms with Gasteiger partial charge in [0.25, 0.3) is 0 Å². The summed E-state index contributed by atoms with van der Waals surface area (Å²) in [7, 11) is 0. The molecule has 0 N–H and O–H groups in total. The van der Waals surface area contributed by atoms with Crippen LogP contribution in [0.3, 0.4) is 0 Å². The Morgan fingerprint density at radius 3 is 1.50 bits per heavy atom. The zero-order chi connectivity index (χ0) is 46.5. The van der Waals surface area contributed by atoms with E-state index in [1.807, 2.05) is 41.3 Å². The summed E-state index contributed by atoms with van der Waals surface area (Å²) >= 11 is 0. The van der Waals surface area contributed by atoms with Crippen LogP contribution in [0.1, 0.15) is 29.1 Å². The lowest BCUT2D eigenvalue weighted by atomic mass is 9.70. The molecule has 0 saturated heterocycles. The summed E-state index contributed by atoms with van der Waals surface area (Å²) in [5, 5.41) is 2.34. The van der Waals surface area contributed by atoms with Gasteiger partial charge in [0.2, 0.25) is 0 Å². The van der Waals surface area contributed by atoms with Crippen molar-refractivity contribution in [3.63, 3.8) is 0 Å². The number of hydrogen-bond acceptors (Lipinski definition) is 2. The second-order valence-corrected chi connectivity index (χ2v) is 16.5. The van der Waals surface area contributed by atoms with Gasteiger partial charge < -0.3 is 14.4 Å². The lowest BCUT2D eigenvalue weighted by Gasteiger charge is -2.33. The number of aromatic nitrogens is 1. The van der Waals surface area contributed by atoms with Gasteiger partial charge >= 0.3 is 0 Å². The van der Waals surface area contributed by atoms with Gasteiger partial charge in [0.15, 0.2) is 0 Å². The van der Waals surface area contributed by atoms with Crippen LogP contribution in [0.2, 0.25) is 0 Å². The molecule has 0 bridgehead atoms. The first kappa shape index (κ1) is 31.4. The van der Waals surface area contributed by atoms with Gasteiger partial charge in [-0.05, 0) is 129 Å². The quantitative estimate of drug-likeness (QED) is 0.159. The third-order valence-corrected chi connectivity index (χ3v) is 13.2. The number of benzene rings is 10. The van der Waals surface area contributed by atoms with E-state index in [4.69, 9.17) is 4.11 Å². The minimum Gasteiger partial charge on any atom is -0.310 e. The molecule has 2 aliphatic rings. The highest BCUT2D eigenvalue weighted by Gasteiger charge is 2.52. The fraction of sp³-hybridized carbons (Fsp3) is 0.0164. The van der Waals surface area contributed by atoms with Gasteiger partial charge in [0.1, 0.15) is 0 Å². The molecule has 0 fully saturated rings. The standard InChI is InChI=1S/C61H41N3/c1-5-20-42(21-6-1)62(43-22-7-2-8-23-43)46-36-38-50-48-28-13-16-32-54(48)61(56(50)40-46)55-33-17-14-29-49(55)51-39-37-47(41-57(51)61)63(44-24-9-3-10-25-44)59-35-19-31-53-52-30-15-18-34-58(52)64(60(53)59)45-26-11-4-12-27-45/h1-41H/i1D,5D,6D,20D,21D. The SMILES string of the molecule is [2H]c1c([2H])c([2H])c(N(c2ccccc2)c2ccc3c(c2)C2(c4ccccc4-3)c3ccccc3-c3ccc(N(c4ccccc4)c4cccc5c6ccccc6n(-c6ccccc6)c45)cc32)c([2H])c1[2H]. The fourth-order valence-electron chi connectivity index (χ4n) is 10.8. The summed E-state index contributed by atoms with van der Waals surface area (Å²) < 4.78 is 46.7. The zero-order valence-electron chi connectivity index (χ0n) is 39.6. The van der Waals surface area contributed by atoms with Crippen molar-refractivity contribution in [2.45, 2.75) is 5.41 Å². The maximum atomic E-state index is 9.21. The normalized spacial score (nSPS) is 15.4. The molecule has 1 unspecified atom stereocenters. The highest BCUT2D eigenvalue weighted by atomic mass is 15.2. The maximum absolute atomic E-state index is 9.21. The number of para-hydroxylation sites is 6. The van der Waals surface area contributed by atoms with E-state index in [2.05, 4.69) is 191 Å². The van der Waals surface area contributed by atoms with Gasteiger partial charge in [0, 0.05) is 44.9 Å². The topological polar surface area (TPSA) is 11.4 Å². The van der Waals surface area contributed by atoms with Crippen molar-refractivity contribution in [2.24, 2.45) is 0 Å². The molecule has 10 aromatic carbocycles. The molecule has 300 valence electrons. The molecule has 3 heteroatoms. The Balaban J connectivity index is 1.10. The van der Waals surface area contributed by atoms with Crippen LogP contribution in [0.4, 0.5) is 34.1 Å². The largest absolute Gasteiger partial charge is 0.310 e. The fourth-order valence-corrected chi connectivity index (χ4v) is 10.8. The molecule has 64 heavy (non-hydrogen) atoms. The van der Waals surface area contributed by atoms with Crippen molar-refractivity contribution >= 4 is 55.9 Å². The van der Waals surface area contributed by atoms with Gasteiger partial charge in [-0.1, -0.05) is 164 Å². The molecule has 1 spiro atoms. The minimum atomic E-state index is -0.792. The van der Waals surface area contributed by atoms with Crippen molar-refractivity contribution in [1.29, 1.82) is 0 Å². The molecular formula is C61H41N3. The second kappa shape index (κ2) is 14.3. The number of anilines is 6. The van der Waals surface area contributed by atoms with E-state index < -0.39 is 11.5 Å². The average Bonchev–Trinajstić information content (AvgIpc) is 4.01. The Bertz CT molecular complexity index is 3830. The third kappa shape index (κ3) is 5.22. The molecule has 0 aliphatic heterocycles. The van der Waals surface area contributed by atoms with Crippen LogP contribution < -0.4 is 9.80 Å². The Morgan fingerprint density at radius 1 is 0.359 bits per heavy atom. The first-order valence-corrected chi connectivity index (χ1v) is 21.7. The zero-order valence-corrected chi connectivity index (χ0v) is 34.6. The Hall–Kier alpha value is -8.40. The van der Waals surface area contributed by atoms with Crippen LogP contribution in [0.15, 0.2) is 249 Å². The lowest BCUT2D eigenvalue weighted by molar-refractivity contribution is 0.793. The highest BCUT2D eigenvalue weighted by molar-refractivity contribution is 6.14. The van der Waals surface area contributed by atoms with Gasteiger partial charge in [-0.3, -0.25) is 0 Å². The van der Waals surface area contributed by atoms with E-state index in [1.165, 1.54) is 5.39 Å². The van der Waals surface area contributed by atoms with E-state index in [1.54, 1.807) is 0 Å². The Kier molecular flexibility index (Phi) is 7.04. The molecule has 1 atom stereocenters.